The van der Waals surface area contributed by atoms with Gasteiger partial charge in [0.05, 0.1) is 0 Å². The Morgan fingerprint density at radius 1 is 1.58 bits per heavy atom. The van der Waals surface area contributed by atoms with E-state index >= 15 is 0 Å². The van der Waals surface area contributed by atoms with Crippen LogP contribution in [-0.2, 0) is 0 Å². The lowest BCUT2D eigenvalue weighted by Crippen LogP contribution is -1.98. The van der Waals surface area contributed by atoms with E-state index in [1.54, 1.807) is 5.57 Å². The Labute approximate surface area is 75.3 Å². The van der Waals surface area contributed by atoms with Crippen LogP contribution in [0.4, 0.5) is 0 Å². The van der Waals surface area contributed by atoms with Crippen LogP contribution in [-0.4, -0.2) is 6.54 Å². The van der Waals surface area contributed by atoms with Crippen molar-refractivity contribution < 1.29 is 0 Å². The molecule has 1 nitrogen and oxygen atoms in total. The summed E-state index contributed by atoms with van der Waals surface area (Å²) in [5, 5.41) is 0. The van der Waals surface area contributed by atoms with Gasteiger partial charge in [-0.15, -0.1) is 0 Å². The van der Waals surface area contributed by atoms with Gasteiger partial charge < -0.3 is 5.73 Å². The third-order valence-electron chi connectivity index (χ3n) is 2.41. The molecule has 1 aliphatic carbocycles. The molecule has 0 spiro atoms. The molecule has 0 unspecified atom stereocenters. The molecule has 0 atom stereocenters. The fourth-order valence-electron chi connectivity index (χ4n) is 1.63. The van der Waals surface area contributed by atoms with Crippen molar-refractivity contribution in [1.82, 2.24) is 0 Å². The molecule has 1 aliphatic rings. The van der Waals surface area contributed by atoms with Gasteiger partial charge >= 0.3 is 0 Å². The third-order valence-corrected chi connectivity index (χ3v) is 2.41. The molecule has 1 heteroatoms. The lowest BCUT2D eigenvalue weighted by molar-refractivity contribution is 0.705. The molecule has 0 aliphatic heterocycles. The van der Waals surface area contributed by atoms with Gasteiger partial charge in [-0.2, -0.15) is 0 Å². The van der Waals surface area contributed by atoms with Crippen molar-refractivity contribution >= 4 is 0 Å². The Bertz CT molecular complexity index is 189. The zero-order valence-corrected chi connectivity index (χ0v) is 7.97. The largest absolute Gasteiger partial charge is 0.330 e. The summed E-state index contributed by atoms with van der Waals surface area (Å²) in [7, 11) is 0. The number of hydrogen-bond donors (Lipinski definition) is 1. The van der Waals surface area contributed by atoms with Crippen molar-refractivity contribution in [3.63, 3.8) is 0 Å². The first-order valence-corrected chi connectivity index (χ1v) is 4.91. The molecule has 0 fully saturated rings. The molecule has 0 aromatic heterocycles. The van der Waals surface area contributed by atoms with Gasteiger partial charge in [0.25, 0.3) is 0 Å². The topological polar surface area (TPSA) is 26.0 Å². The van der Waals surface area contributed by atoms with Crippen LogP contribution in [0.1, 0.15) is 39.0 Å². The van der Waals surface area contributed by atoms with Gasteiger partial charge in [0.2, 0.25) is 0 Å². The van der Waals surface area contributed by atoms with E-state index in [4.69, 9.17) is 5.73 Å². The van der Waals surface area contributed by atoms with Crippen molar-refractivity contribution in [2.45, 2.75) is 39.0 Å². The monoisotopic (exact) mass is 165 g/mol. The van der Waals surface area contributed by atoms with E-state index < -0.39 is 0 Å². The molecule has 0 saturated heterocycles. The SMILES string of the molecule is CC(=CCCN)C1=CCCCC1. The molecule has 0 aromatic rings. The minimum atomic E-state index is 0.768. The van der Waals surface area contributed by atoms with E-state index in [2.05, 4.69) is 19.1 Å². The summed E-state index contributed by atoms with van der Waals surface area (Å²) in [6, 6.07) is 0. The second-order valence-corrected chi connectivity index (χ2v) is 3.44. The van der Waals surface area contributed by atoms with Crippen LogP contribution >= 0.6 is 0 Å². The molecule has 0 bridgehead atoms. The summed E-state index contributed by atoms with van der Waals surface area (Å²) in [6.07, 6.45) is 10.9. The van der Waals surface area contributed by atoms with Gasteiger partial charge in [-0.3, -0.25) is 0 Å². The van der Waals surface area contributed by atoms with Crippen LogP contribution in [0.5, 0.6) is 0 Å². The summed E-state index contributed by atoms with van der Waals surface area (Å²) in [5.41, 5.74) is 8.44. The lowest BCUT2D eigenvalue weighted by Gasteiger charge is -2.12. The van der Waals surface area contributed by atoms with Crippen LogP contribution in [0.2, 0.25) is 0 Å². The molecule has 0 heterocycles. The predicted molar refractivity (Wildman–Crippen MR) is 54.0 cm³/mol. The first-order valence-electron chi connectivity index (χ1n) is 4.91. The second kappa shape index (κ2) is 5.15. The molecule has 68 valence electrons. The maximum Gasteiger partial charge on any atom is -0.00424 e. The van der Waals surface area contributed by atoms with Crippen LogP contribution in [0.15, 0.2) is 23.3 Å². The first-order chi connectivity index (χ1) is 5.84. The highest BCUT2D eigenvalue weighted by molar-refractivity contribution is 5.29. The van der Waals surface area contributed by atoms with E-state index in [1.165, 1.54) is 31.3 Å². The second-order valence-electron chi connectivity index (χ2n) is 3.44. The molecule has 12 heavy (non-hydrogen) atoms. The number of allylic oxidation sites excluding steroid dienone is 3. The number of rotatable bonds is 3. The summed E-state index contributed by atoms with van der Waals surface area (Å²) < 4.78 is 0. The zero-order valence-electron chi connectivity index (χ0n) is 7.97. The first kappa shape index (κ1) is 9.53. The van der Waals surface area contributed by atoms with E-state index in [0.717, 1.165) is 13.0 Å². The van der Waals surface area contributed by atoms with Gasteiger partial charge in [-0.05, 0) is 51.1 Å². The Kier molecular flexibility index (Phi) is 4.09. The number of nitrogens with two attached hydrogens (primary N) is 1. The molecule has 0 radical (unpaired) electrons. The standard InChI is InChI=1S/C11H19N/c1-10(6-5-9-12)11-7-3-2-4-8-11/h6-7H,2-5,8-9,12H2,1H3. The van der Waals surface area contributed by atoms with E-state index in [-0.39, 0.29) is 0 Å². The average molecular weight is 165 g/mol. The Hall–Kier alpha value is -0.560. The molecule has 0 aromatic carbocycles. The highest BCUT2D eigenvalue weighted by Gasteiger charge is 2.03. The normalized spacial score (nSPS) is 19.2. The van der Waals surface area contributed by atoms with Gasteiger partial charge in [0.1, 0.15) is 0 Å². The fourth-order valence-corrected chi connectivity index (χ4v) is 1.63. The molecule has 1 rings (SSSR count). The summed E-state index contributed by atoms with van der Waals surface area (Å²) in [6.45, 7) is 2.97. The van der Waals surface area contributed by atoms with Crippen LogP contribution in [0.3, 0.4) is 0 Å². The van der Waals surface area contributed by atoms with E-state index in [9.17, 15) is 0 Å². The van der Waals surface area contributed by atoms with Gasteiger partial charge in [0.15, 0.2) is 0 Å². The smallest absolute Gasteiger partial charge is 0.00424 e. The number of hydrogen-bond acceptors (Lipinski definition) is 1. The van der Waals surface area contributed by atoms with E-state index in [1.807, 2.05) is 0 Å². The Balaban J connectivity index is 2.49. The minimum Gasteiger partial charge on any atom is -0.330 e. The Morgan fingerprint density at radius 3 is 3.00 bits per heavy atom. The molecular weight excluding hydrogens is 146 g/mol. The predicted octanol–water partition coefficient (Wildman–Crippen LogP) is 2.78. The van der Waals surface area contributed by atoms with Gasteiger partial charge in [-0.1, -0.05) is 17.7 Å². The maximum atomic E-state index is 5.44. The zero-order chi connectivity index (χ0) is 8.81. The fraction of sp³-hybridized carbons (Fsp3) is 0.636. The van der Waals surface area contributed by atoms with Crippen LogP contribution in [0.25, 0.3) is 0 Å². The highest BCUT2D eigenvalue weighted by Crippen LogP contribution is 2.23. The summed E-state index contributed by atoms with van der Waals surface area (Å²) >= 11 is 0. The van der Waals surface area contributed by atoms with Crippen LogP contribution in [0, 0.1) is 0 Å². The van der Waals surface area contributed by atoms with Gasteiger partial charge in [-0.25, -0.2) is 0 Å². The van der Waals surface area contributed by atoms with E-state index in [0.29, 0.717) is 0 Å². The quantitative estimate of drug-likeness (QED) is 0.683. The van der Waals surface area contributed by atoms with Crippen molar-refractivity contribution in [3.05, 3.63) is 23.3 Å². The Morgan fingerprint density at radius 2 is 2.42 bits per heavy atom. The minimum absolute atomic E-state index is 0.768. The van der Waals surface area contributed by atoms with Crippen molar-refractivity contribution in [1.29, 1.82) is 0 Å². The summed E-state index contributed by atoms with van der Waals surface area (Å²) in [4.78, 5) is 0. The maximum absolute atomic E-state index is 5.44. The van der Waals surface area contributed by atoms with Crippen molar-refractivity contribution in [2.24, 2.45) is 5.73 Å². The van der Waals surface area contributed by atoms with Gasteiger partial charge in [0, 0.05) is 0 Å². The molecule has 0 amide bonds. The third kappa shape index (κ3) is 2.82. The summed E-state index contributed by atoms with van der Waals surface area (Å²) in [5.74, 6) is 0. The molecular formula is C11H19N. The van der Waals surface area contributed by atoms with Crippen molar-refractivity contribution in [2.75, 3.05) is 6.54 Å². The lowest BCUT2D eigenvalue weighted by atomic mass is 9.94. The van der Waals surface area contributed by atoms with Crippen LogP contribution < -0.4 is 5.73 Å². The molecule has 0 saturated carbocycles. The highest BCUT2D eigenvalue weighted by atomic mass is 14.5. The van der Waals surface area contributed by atoms with Crippen molar-refractivity contribution in [3.8, 4) is 0 Å². The average Bonchev–Trinajstić information content (AvgIpc) is 2.15. The molecule has 2 N–H and O–H groups in total.